The average molecular weight is 426 g/mol. The Labute approximate surface area is 187 Å². The molecule has 0 aliphatic carbocycles. The summed E-state index contributed by atoms with van der Waals surface area (Å²) in [7, 11) is 2.25. The van der Waals surface area contributed by atoms with E-state index in [9.17, 15) is 4.79 Å². The smallest absolute Gasteiger partial charge is 0.251 e. The Kier molecular flexibility index (Phi) is 6.49. The molecule has 0 saturated carbocycles. The fourth-order valence-corrected chi connectivity index (χ4v) is 5.92. The Hall–Kier alpha value is -1.63. The van der Waals surface area contributed by atoms with E-state index in [-0.39, 0.29) is 5.91 Å². The molecule has 1 amide bonds. The summed E-state index contributed by atoms with van der Waals surface area (Å²) in [5.74, 6) is 1.82. The van der Waals surface area contributed by atoms with Gasteiger partial charge in [-0.15, -0.1) is 0 Å². The van der Waals surface area contributed by atoms with Crippen LogP contribution in [0, 0.1) is 11.8 Å². The van der Waals surface area contributed by atoms with Crippen molar-refractivity contribution in [3.05, 3.63) is 29.3 Å². The predicted octanol–water partition coefficient (Wildman–Crippen LogP) is 2.11. The highest BCUT2D eigenvalue weighted by Gasteiger charge is 2.27. The van der Waals surface area contributed by atoms with Crippen molar-refractivity contribution in [2.45, 2.75) is 32.2 Å². The van der Waals surface area contributed by atoms with E-state index in [1.165, 1.54) is 83.7 Å². The van der Waals surface area contributed by atoms with E-state index in [1.807, 2.05) is 6.07 Å². The van der Waals surface area contributed by atoms with Gasteiger partial charge < -0.3 is 24.9 Å². The van der Waals surface area contributed by atoms with Gasteiger partial charge in [0.05, 0.1) is 0 Å². The van der Waals surface area contributed by atoms with E-state index in [0.717, 1.165) is 36.1 Å². The summed E-state index contributed by atoms with van der Waals surface area (Å²) in [6.07, 6.45) is 5.33. The molecule has 0 atom stereocenters. The van der Waals surface area contributed by atoms with Gasteiger partial charge in [-0.05, 0) is 81.4 Å². The van der Waals surface area contributed by atoms with Crippen molar-refractivity contribution in [1.82, 2.24) is 20.0 Å². The molecule has 3 saturated heterocycles. The highest BCUT2D eigenvalue weighted by atomic mass is 16.1. The number of piperazine rings is 1. The second kappa shape index (κ2) is 9.47. The number of anilines is 1. The van der Waals surface area contributed by atoms with Crippen LogP contribution in [0.25, 0.3) is 0 Å². The van der Waals surface area contributed by atoms with E-state index >= 15 is 0 Å². The number of amides is 1. The zero-order valence-corrected chi connectivity index (χ0v) is 19.2. The molecular formula is C25H39N5O. The third-order valence-corrected chi connectivity index (χ3v) is 8.09. The maximum atomic E-state index is 11.8. The number of carbonyl (C=O) groups excluding carboxylic acids is 1. The van der Waals surface area contributed by atoms with Crippen molar-refractivity contribution in [1.29, 1.82) is 0 Å². The van der Waals surface area contributed by atoms with E-state index in [0.29, 0.717) is 6.54 Å². The fraction of sp³-hybridized carbons (Fsp3) is 0.720. The lowest BCUT2D eigenvalue weighted by molar-refractivity contribution is 0.0881. The van der Waals surface area contributed by atoms with Crippen molar-refractivity contribution in [3.8, 4) is 0 Å². The molecule has 1 aromatic rings. The van der Waals surface area contributed by atoms with Gasteiger partial charge in [0.2, 0.25) is 0 Å². The third kappa shape index (κ3) is 5.07. The van der Waals surface area contributed by atoms with Gasteiger partial charge in [0.25, 0.3) is 5.91 Å². The summed E-state index contributed by atoms with van der Waals surface area (Å²) in [5.41, 5.74) is 3.30. The summed E-state index contributed by atoms with van der Waals surface area (Å²) in [6, 6.07) is 6.36. The molecular weight excluding hydrogens is 386 g/mol. The highest BCUT2D eigenvalue weighted by molar-refractivity contribution is 5.98. The Morgan fingerprint density at radius 1 is 0.839 bits per heavy atom. The summed E-state index contributed by atoms with van der Waals surface area (Å²) in [5, 5.41) is 2.93. The van der Waals surface area contributed by atoms with Gasteiger partial charge in [-0.25, -0.2) is 0 Å². The molecule has 1 aromatic carbocycles. The van der Waals surface area contributed by atoms with Crippen LogP contribution < -0.4 is 10.2 Å². The van der Waals surface area contributed by atoms with Gasteiger partial charge in [-0.2, -0.15) is 0 Å². The number of rotatable bonds is 5. The molecule has 0 bridgehead atoms. The van der Waals surface area contributed by atoms with Crippen LogP contribution in [0.2, 0.25) is 0 Å². The van der Waals surface area contributed by atoms with Gasteiger partial charge in [0, 0.05) is 70.2 Å². The molecule has 31 heavy (non-hydrogen) atoms. The van der Waals surface area contributed by atoms with Crippen LogP contribution in [0.1, 0.15) is 41.6 Å². The molecule has 5 rings (SSSR count). The van der Waals surface area contributed by atoms with Crippen LogP contribution in [0.15, 0.2) is 18.2 Å². The molecule has 4 aliphatic rings. The normalized spacial score (nSPS) is 25.1. The maximum Gasteiger partial charge on any atom is 0.251 e. The fourth-order valence-electron chi connectivity index (χ4n) is 5.92. The quantitative estimate of drug-likeness (QED) is 0.783. The van der Waals surface area contributed by atoms with Crippen molar-refractivity contribution in [3.63, 3.8) is 0 Å². The van der Waals surface area contributed by atoms with Crippen LogP contribution >= 0.6 is 0 Å². The Balaban J connectivity index is 1.03. The maximum absolute atomic E-state index is 11.8. The molecule has 4 heterocycles. The van der Waals surface area contributed by atoms with Crippen molar-refractivity contribution in [2.24, 2.45) is 11.8 Å². The number of likely N-dealkylation sites (tertiary alicyclic amines) is 1. The minimum atomic E-state index is 0.0756. The number of carbonyl (C=O) groups is 1. The van der Waals surface area contributed by atoms with Crippen LogP contribution in [-0.4, -0.2) is 93.1 Å². The molecule has 0 aromatic heterocycles. The zero-order valence-electron chi connectivity index (χ0n) is 19.2. The number of hydrogen-bond acceptors (Lipinski definition) is 5. The van der Waals surface area contributed by atoms with Gasteiger partial charge in [-0.3, -0.25) is 4.79 Å². The van der Waals surface area contributed by atoms with E-state index < -0.39 is 0 Å². The van der Waals surface area contributed by atoms with Gasteiger partial charge in [0.15, 0.2) is 0 Å². The largest absolute Gasteiger partial charge is 0.372 e. The first kappa shape index (κ1) is 21.2. The van der Waals surface area contributed by atoms with E-state index in [2.05, 4.69) is 44.1 Å². The summed E-state index contributed by atoms with van der Waals surface area (Å²) in [4.78, 5) is 22.2. The molecule has 4 aliphatic heterocycles. The molecule has 0 radical (unpaired) electrons. The number of nitrogens with zero attached hydrogens (tertiary/aromatic N) is 4. The zero-order chi connectivity index (χ0) is 21.2. The monoisotopic (exact) mass is 425 g/mol. The molecule has 6 heteroatoms. The van der Waals surface area contributed by atoms with Crippen molar-refractivity contribution in [2.75, 3.05) is 77.4 Å². The SMILES string of the molecule is CN1CCC(CN2CCN(CC3CCN(c4ccc5c(c4)CNC5=O)CC3)CC2)CC1. The first-order valence-electron chi connectivity index (χ1n) is 12.4. The summed E-state index contributed by atoms with van der Waals surface area (Å²) in [6.45, 7) is 13.1. The van der Waals surface area contributed by atoms with Gasteiger partial charge in [-0.1, -0.05) is 0 Å². The van der Waals surface area contributed by atoms with E-state index in [4.69, 9.17) is 0 Å². The van der Waals surface area contributed by atoms with Gasteiger partial charge in [0.1, 0.15) is 0 Å². The van der Waals surface area contributed by atoms with Crippen molar-refractivity contribution >= 4 is 11.6 Å². The minimum absolute atomic E-state index is 0.0756. The second-order valence-electron chi connectivity index (χ2n) is 10.3. The summed E-state index contributed by atoms with van der Waals surface area (Å²) >= 11 is 0. The summed E-state index contributed by atoms with van der Waals surface area (Å²) < 4.78 is 0. The van der Waals surface area contributed by atoms with Crippen LogP contribution in [-0.2, 0) is 6.54 Å². The van der Waals surface area contributed by atoms with Crippen LogP contribution in [0.5, 0.6) is 0 Å². The highest BCUT2D eigenvalue weighted by Crippen LogP contribution is 2.28. The molecule has 0 spiro atoms. The number of fused-ring (bicyclic) bond motifs is 1. The van der Waals surface area contributed by atoms with Gasteiger partial charge >= 0.3 is 0 Å². The molecule has 6 nitrogen and oxygen atoms in total. The van der Waals surface area contributed by atoms with E-state index in [1.54, 1.807) is 0 Å². The number of benzene rings is 1. The predicted molar refractivity (Wildman–Crippen MR) is 126 cm³/mol. The molecule has 1 N–H and O–H groups in total. The Bertz CT molecular complexity index is 759. The van der Waals surface area contributed by atoms with Crippen molar-refractivity contribution < 1.29 is 4.79 Å². The lowest BCUT2D eigenvalue weighted by atomic mass is 9.94. The minimum Gasteiger partial charge on any atom is -0.372 e. The second-order valence-corrected chi connectivity index (χ2v) is 10.3. The molecule has 3 fully saturated rings. The third-order valence-electron chi connectivity index (χ3n) is 8.09. The number of nitrogens with one attached hydrogen (secondary N) is 1. The first-order chi connectivity index (χ1) is 15.1. The topological polar surface area (TPSA) is 42.1 Å². The number of piperidine rings is 2. The number of hydrogen-bond donors (Lipinski definition) is 1. The standard InChI is InChI=1S/C25H39N5O/c1-27-8-4-20(5-9-27)18-28-12-14-29(15-13-28)19-21-6-10-30(11-7-21)23-2-3-24-22(16-23)17-26-25(24)31/h2-3,16,20-21H,4-15,17-19H2,1H3,(H,26,31). The lowest BCUT2D eigenvalue weighted by Crippen LogP contribution is -2.50. The molecule has 0 unspecified atom stereocenters. The molecule has 170 valence electrons. The first-order valence-corrected chi connectivity index (χ1v) is 12.4. The Morgan fingerprint density at radius 2 is 1.42 bits per heavy atom. The Morgan fingerprint density at radius 3 is 2.03 bits per heavy atom. The average Bonchev–Trinajstić information content (AvgIpc) is 3.17. The lowest BCUT2D eigenvalue weighted by Gasteiger charge is -2.41. The van der Waals surface area contributed by atoms with Crippen LogP contribution in [0.3, 0.4) is 0 Å². The van der Waals surface area contributed by atoms with Crippen LogP contribution in [0.4, 0.5) is 5.69 Å².